The lowest BCUT2D eigenvalue weighted by Gasteiger charge is -2.32. The van der Waals surface area contributed by atoms with Gasteiger partial charge >= 0.3 is 0 Å². The molecule has 0 unspecified atom stereocenters. The highest BCUT2D eigenvalue weighted by atomic mass is 35.5. The van der Waals surface area contributed by atoms with Crippen molar-refractivity contribution in [3.05, 3.63) is 34.9 Å². The van der Waals surface area contributed by atoms with Crippen LogP contribution in [0, 0.1) is 5.92 Å². The van der Waals surface area contributed by atoms with Crippen molar-refractivity contribution < 1.29 is 14.7 Å². The average Bonchev–Trinajstić information content (AvgIpc) is 3.00. The van der Waals surface area contributed by atoms with Crippen molar-refractivity contribution >= 4 is 23.4 Å². The summed E-state index contributed by atoms with van der Waals surface area (Å²) in [5.41, 5.74) is 0.502. The Kier molecular flexibility index (Phi) is 5.38. The number of likely N-dealkylation sites (tertiary alicyclic amines) is 1. The van der Waals surface area contributed by atoms with Gasteiger partial charge in [0.15, 0.2) is 0 Å². The first kappa shape index (κ1) is 17.2. The molecule has 2 amide bonds. The summed E-state index contributed by atoms with van der Waals surface area (Å²) in [5.74, 6) is -0.240. The van der Waals surface area contributed by atoms with Gasteiger partial charge in [-0.15, -0.1) is 0 Å². The van der Waals surface area contributed by atoms with E-state index in [-0.39, 0.29) is 23.8 Å². The van der Waals surface area contributed by atoms with Gasteiger partial charge in [-0.3, -0.25) is 9.59 Å². The first-order valence-corrected chi connectivity index (χ1v) is 8.67. The molecule has 2 aliphatic heterocycles. The highest BCUT2D eigenvalue weighted by molar-refractivity contribution is 6.33. The molecule has 7 heteroatoms. The molecule has 0 spiro atoms. The molecule has 3 N–H and O–H groups in total. The van der Waals surface area contributed by atoms with E-state index in [1.54, 1.807) is 29.2 Å². The van der Waals surface area contributed by atoms with Crippen LogP contribution in [0.3, 0.4) is 0 Å². The second kappa shape index (κ2) is 7.51. The van der Waals surface area contributed by atoms with Crippen LogP contribution in [0.1, 0.15) is 23.2 Å². The van der Waals surface area contributed by atoms with Crippen LogP contribution >= 0.6 is 11.6 Å². The van der Waals surface area contributed by atoms with Crippen molar-refractivity contribution in [3.8, 4) is 0 Å². The van der Waals surface area contributed by atoms with Gasteiger partial charge in [0.2, 0.25) is 5.91 Å². The Morgan fingerprint density at radius 1 is 1.21 bits per heavy atom. The van der Waals surface area contributed by atoms with Gasteiger partial charge < -0.3 is 20.6 Å². The zero-order valence-electron chi connectivity index (χ0n) is 13.4. The fraction of sp³-hybridized carbons (Fsp3) is 0.529. The minimum atomic E-state index is -0.532. The van der Waals surface area contributed by atoms with Crippen LogP contribution in [-0.2, 0) is 4.79 Å². The highest BCUT2D eigenvalue weighted by Gasteiger charge is 2.32. The summed E-state index contributed by atoms with van der Waals surface area (Å²) < 4.78 is 0. The summed E-state index contributed by atoms with van der Waals surface area (Å²) in [5, 5.41) is 16.2. The van der Waals surface area contributed by atoms with Crippen molar-refractivity contribution in [1.29, 1.82) is 0 Å². The van der Waals surface area contributed by atoms with Gasteiger partial charge in [-0.2, -0.15) is 0 Å². The fourth-order valence-corrected chi connectivity index (χ4v) is 3.48. The smallest absolute Gasteiger partial charge is 0.255 e. The first-order valence-electron chi connectivity index (χ1n) is 8.29. The number of aliphatic hydroxyl groups excluding tert-OH is 1. The Morgan fingerprint density at radius 2 is 1.92 bits per heavy atom. The molecule has 1 aromatic rings. The topological polar surface area (TPSA) is 81.7 Å². The Balaban J connectivity index is 1.53. The molecular formula is C17H22ClN3O3. The van der Waals surface area contributed by atoms with Gasteiger partial charge in [-0.25, -0.2) is 0 Å². The van der Waals surface area contributed by atoms with Crippen LogP contribution in [0.15, 0.2) is 24.3 Å². The molecule has 1 aromatic carbocycles. The molecule has 130 valence electrons. The second-order valence-electron chi connectivity index (χ2n) is 6.39. The summed E-state index contributed by atoms with van der Waals surface area (Å²) in [6, 6.07) is 6.79. The Morgan fingerprint density at radius 3 is 2.54 bits per heavy atom. The van der Waals surface area contributed by atoms with E-state index in [0.29, 0.717) is 49.6 Å². The Labute approximate surface area is 146 Å². The molecule has 6 nitrogen and oxygen atoms in total. The molecule has 2 aliphatic rings. The number of halogens is 1. The Bertz CT molecular complexity index is 617. The molecule has 0 aromatic heterocycles. The van der Waals surface area contributed by atoms with Crippen LogP contribution in [0.2, 0.25) is 5.02 Å². The summed E-state index contributed by atoms with van der Waals surface area (Å²) in [4.78, 5) is 26.6. The summed E-state index contributed by atoms with van der Waals surface area (Å²) in [6.45, 7) is 2.17. The lowest BCUT2D eigenvalue weighted by atomic mass is 9.95. The van der Waals surface area contributed by atoms with Crippen molar-refractivity contribution in [2.45, 2.75) is 25.0 Å². The van der Waals surface area contributed by atoms with Crippen LogP contribution < -0.4 is 10.6 Å². The van der Waals surface area contributed by atoms with E-state index in [1.165, 1.54) is 0 Å². The third-order valence-corrected chi connectivity index (χ3v) is 5.10. The monoisotopic (exact) mass is 351 g/mol. The van der Waals surface area contributed by atoms with Crippen LogP contribution in [-0.4, -0.2) is 60.1 Å². The average molecular weight is 352 g/mol. The number of nitrogens with zero attached hydrogens (tertiary/aromatic N) is 1. The van der Waals surface area contributed by atoms with Gasteiger partial charge in [-0.05, 0) is 25.0 Å². The lowest BCUT2D eigenvalue weighted by molar-refractivity contribution is -0.127. The van der Waals surface area contributed by atoms with Crippen molar-refractivity contribution in [3.63, 3.8) is 0 Å². The summed E-state index contributed by atoms with van der Waals surface area (Å²) in [7, 11) is 0. The molecule has 0 bridgehead atoms. The molecule has 0 radical (unpaired) electrons. The normalized spacial score (nSPS) is 24.8. The van der Waals surface area contributed by atoms with Gasteiger partial charge in [0, 0.05) is 32.1 Å². The van der Waals surface area contributed by atoms with E-state index in [1.807, 2.05) is 0 Å². The van der Waals surface area contributed by atoms with Crippen LogP contribution in [0.4, 0.5) is 0 Å². The zero-order chi connectivity index (χ0) is 17.1. The number of piperidine rings is 1. The molecular weight excluding hydrogens is 330 g/mol. The molecule has 2 saturated heterocycles. The van der Waals surface area contributed by atoms with Gasteiger partial charge in [-0.1, -0.05) is 23.7 Å². The molecule has 24 heavy (non-hydrogen) atoms. The number of carbonyl (C=O) groups is 2. The maximum Gasteiger partial charge on any atom is 0.255 e. The number of amides is 2. The third kappa shape index (κ3) is 3.71. The molecule has 2 atom stereocenters. The number of rotatable bonds is 3. The van der Waals surface area contributed by atoms with Gasteiger partial charge in [0.1, 0.15) is 0 Å². The SMILES string of the molecule is O=C(N[C@@H]1CNC[C@H]1O)C1CCN(C(=O)c2ccccc2Cl)CC1. The number of aliphatic hydroxyl groups is 1. The molecule has 0 saturated carbocycles. The van der Waals surface area contributed by atoms with Gasteiger partial charge in [0.25, 0.3) is 5.91 Å². The van der Waals surface area contributed by atoms with Crippen LogP contribution in [0.5, 0.6) is 0 Å². The van der Waals surface area contributed by atoms with Crippen molar-refractivity contribution in [2.75, 3.05) is 26.2 Å². The number of benzene rings is 1. The van der Waals surface area contributed by atoms with Crippen LogP contribution in [0.25, 0.3) is 0 Å². The zero-order valence-corrected chi connectivity index (χ0v) is 14.1. The van der Waals surface area contributed by atoms with Crippen molar-refractivity contribution in [2.24, 2.45) is 5.92 Å². The minimum absolute atomic E-state index is 0.0346. The minimum Gasteiger partial charge on any atom is -0.390 e. The molecule has 3 rings (SSSR count). The molecule has 0 aliphatic carbocycles. The van der Waals surface area contributed by atoms with E-state index in [0.717, 1.165) is 0 Å². The maximum absolute atomic E-state index is 12.5. The fourth-order valence-electron chi connectivity index (χ4n) is 3.26. The van der Waals surface area contributed by atoms with Gasteiger partial charge in [0.05, 0.1) is 22.7 Å². The largest absolute Gasteiger partial charge is 0.390 e. The Hall–Kier alpha value is -1.63. The number of hydrogen-bond acceptors (Lipinski definition) is 4. The first-order chi connectivity index (χ1) is 11.6. The number of nitrogens with one attached hydrogen (secondary N) is 2. The maximum atomic E-state index is 12.5. The summed E-state index contributed by atoms with van der Waals surface area (Å²) >= 11 is 6.09. The van der Waals surface area contributed by atoms with E-state index in [4.69, 9.17) is 11.6 Å². The number of hydrogen-bond donors (Lipinski definition) is 3. The quantitative estimate of drug-likeness (QED) is 0.746. The molecule has 2 heterocycles. The number of β-amino-alcohol motifs (C(OH)–C–C–N with tert-alkyl or cyclic N) is 1. The molecule has 2 fully saturated rings. The standard InChI is InChI=1S/C17H22ClN3O3/c18-13-4-2-1-3-12(13)17(24)21-7-5-11(6-8-21)16(23)20-14-9-19-10-15(14)22/h1-4,11,14-15,19,22H,5-10H2,(H,20,23)/t14-,15-/m1/s1. The predicted octanol–water partition coefficient (Wildman–Crippen LogP) is 0.641. The lowest BCUT2D eigenvalue weighted by Crippen LogP contribution is -2.48. The van der Waals surface area contributed by atoms with E-state index < -0.39 is 6.10 Å². The third-order valence-electron chi connectivity index (χ3n) is 4.77. The summed E-state index contributed by atoms with van der Waals surface area (Å²) in [6.07, 6.45) is 0.715. The number of carbonyl (C=O) groups excluding carboxylic acids is 2. The van der Waals surface area contributed by atoms with E-state index in [2.05, 4.69) is 10.6 Å². The van der Waals surface area contributed by atoms with E-state index in [9.17, 15) is 14.7 Å². The predicted molar refractivity (Wildman–Crippen MR) is 90.9 cm³/mol. The second-order valence-corrected chi connectivity index (χ2v) is 6.79. The highest BCUT2D eigenvalue weighted by Crippen LogP contribution is 2.22. The van der Waals surface area contributed by atoms with Crippen molar-refractivity contribution in [1.82, 2.24) is 15.5 Å². The van der Waals surface area contributed by atoms with E-state index >= 15 is 0 Å².